The first-order chi connectivity index (χ1) is 5.68. The van der Waals surface area contributed by atoms with E-state index in [4.69, 9.17) is 5.11 Å². The van der Waals surface area contributed by atoms with Gasteiger partial charge in [0, 0.05) is 36.4 Å². The summed E-state index contributed by atoms with van der Waals surface area (Å²) in [5.41, 5.74) is 0. The van der Waals surface area contributed by atoms with Gasteiger partial charge in [0.25, 0.3) is 0 Å². The summed E-state index contributed by atoms with van der Waals surface area (Å²) in [6.45, 7) is 4.07. The van der Waals surface area contributed by atoms with Gasteiger partial charge in [-0.2, -0.15) is 11.8 Å². The molecule has 1 aliphatic heterocycles. The lowest BCUT2D eigenvalue weighted by molar-refractivity contribution is -0.131. The van der Waals surface area contributed by atoms with Crippen molar-refractivity contribution in [3.05, 3.63) is 12.3 Å². The van der Waals surface area contributed by atoms with Gasteiger partial charge in [0.1, 0.15) is 0 Å². The summed E-state index contributed by atoms with van der Waals surface area (Å²) < 4.78 is 0. The summed E-state index contributed by atoms with van der Waals surface area (Å²) in [7, 11) is 0. The van der Waals surface area contributed by atoms with E-state index < -0.39 is 5.97 Å². The Labute approximate surface area is 76.4 Å². The average Bonchev–Trinajstić information content (AvgIpc) is 2.01. The molecule has 1 fully saturated rings. The molecule has 0 spiro atoms. The lowest BCUT2D eigenvalue weighted by Crippen LogP contribution is -2.32. The summed E-state index contributed by atoms with van der Waals surface area (Å²) in [6, 6.07) is 0. The molecule has 0 aromatic heterocycles. The number of carboxylic acid groups (broad SMARTS) is 1. The molecule has 1 atom stereocenters. The second kappa shape index (κ2) is 4.40. The fourth-order valence-corrected chi connectivity index (χ4v) is 2.19. The zero-order valence-electron chi connectivity index (χ0n) is 7.06. The van der Waals surface area contributed by atoms with Crippen molar-refractivity contribution < 1.29 is 9.90 Å². The summed E-state index contributed by atoms with van der Waals surface area (Å²) in [5.74, 6) is 0.214. The summed E-state index contributed by atoms with van der Waals surface area (Å²) >= 11 is 1.93. The van der Waals surface area contributed by atoms with Gasteiger partial charge in [-0.1, -0.05) is 6.92 Å². The molecule has 0 aromatic rings. The molecule has 4 heteroatoms. The average molecular weight is 187 g/mol. The predicted octanol–water partition coefficient (Wildman–Crippen LogP) is 1.02. The van der Waals surface area contributed by atoms with Crippen LogP contribution in [0.15, 0.2) is 12.3 Å². The Morgan fingerprint density at radius 3 is 3.08 bits per heavy atom. The smallest absolute Gasteiger partial charge is 0.329 e. The lowest BCUT2D eigenvalue weighted by atomic mass is 10.4. The second-order valence-corrected chi connectivity index (χ2v) is 4.38. The molecule has 0 aliphatic carbocycles. The Bertz CT molecular complexity index is 193. The molecular weight excluding hydrogens is 174 g/mol. The van der Waals surface area contributed by atoms with Crippen LogP contribution in [0.25, 0.3) is 0 Å². The zero-order valence-corrected chi connectivity index (χ0v) is 7.88. The van der Waals surface area contributed by atoms with Crippen LogP contribution in [0.4, 0.5) is 0 Å². The molecule has 1 saturated heterocycles. The summed E-state index contributed by atoms with van der Waals surface area (Å²) in [4.78, 5) is 12.3. The molecule has 0 bridgehead atoms. The van der Waals surface area contributed by atoms with Crippen molar-refractivity contribution in [2.24, 2.45) is 0 Å². The van der Waals surface area contributed by atoms with E-state index in [1.165, 1.54) is 6.08 Å². The molecule has 0 amide bonds. The van der Waals surface area contributed by atoms with E-state index in [0.717, 1.165) is 18.8 Å². The third-order valence-electron chi connectivity index (χ3n) is 1.70. The number of thioether (sulfide) groups is 1. The highest BCUT2D eigenvalue weighted by molar-refractivity contribution is 7.99. The minimum absolute atomic E-state index is 0.609. The van der Waals surface area contributed by atoms with Crippen molar-refractivity contribution in [3.8, 4) is 0 Å². The van der Waals surface area contributed by atoms with Gasteiger partial charge in [-0.05, 0) is 0 Å². The number of hydrogen-bond donors (Lipinski definition) is 1. The van der Waals surface area contributed by atoms with Gasteiger partial charge in [0.2, 0.25) is 0 Å². The van der Waals surface area contributed by atoms with Crippen LogP contribution in [0.2, 0.25) is 0 Å². The topological polar surface area (TPSA) is 40.5 Å². The molecule has 1 unspecified atom stereocenters. The molecule has 12 heavy (non-hydrogen) atoms. The van der Waals surface area contributed by atoms with E-state index in [1.807, 2.05) is 11.8 Å². The van der Waals surface area contributed by atoms with Gasteiger partial charge in [0.15, 0.2) is 0 Å². The van der Waals surface area contributed by atoms with E-state index in [0.29, 0.717) is 5.25 Å². The number of carboxylic acids is 1. The van der Waals surface area contributed by atoms with Crippen molar-refractivity contribution >= 4 is 17.7 Å². The van der Waals surface area contributed by atoms with Crippen molar-refractivity contribution in [1.29, 1.82) is 0 Å². The van der Waals surface area contributed by atoms with E-state index in [-0.39, 0.29) is 0 Å². The maximum absolute atomic E-state index is 10.2. The molecule has 0 radical (unpaired) electrons. The number of hydrogen-bond acceptors (Lipinski definition) is 3. The van der Waals surface area contributed by atoms with Crippen molar-refractivity contribution in [1.82, 2.24) is 4.90 Å². The fraction of sp³-hybridized carbons (Fsp3) is 0.625. The minimum Gasteiger partial charge on any atom is -0.478 e. The molecular formula is C8H13NO2S. The van der Waals surface area contributed by atoms with Crippen LogP contribution < -0.4 is 0 Å². The Morgan fingerprint density at radius 1 is 1.75 bits per heavy atom. The molecule has 3 nitrogen and oxygen atoms in total. The van der Waals surface area contributed by atoms with E-state index in [2.05, 4.69) is 11.8 Å². The SMILES string of the molecule is CC1CN(/C=C/C(=O)O)CCS1. The maximum atomic E-state index is 10.2. The van der Waals surface area contributed by atoms with E-state index >= 15 is 0 Å². The van der Waals surface area contributed by atoms with Crippen molar-refractivity contribution in [3.63, 3.8) is 0 Å². The number of carbonyl (C=O) groups is 1. The Kier molecular flexibility index (Phi) is 3.47. The lowest BCUT2D eigenvalue weighted by Gasteiger charge is -2.29. The Balaban J connectivity index is 2.36. The van der Waals surface area contributed by atoms with E-state index in [1.54, 1.807) is 6.20 Å². The van der Waals surface area contributed by atoms with Gasteiger partial charge in [-0.25, -0.2) is 4.79 Å². The monoisotopic (exact) mass is 187 g/mol. The van der Waals surface area contributed by atoms with Crippen LogP contribution in [-0.2, 0) is 4.79 Å². The largest absolute Gasteiger partial charge is 0.478 e. The van der Waals surface area contributed by atoms with Crippen molar-refractivity contribution in [2.45, 2.75) is 12.2 Å². The van der Waals surface area contributed by atoms with Crippen LogP contribution in [0.1, 0.15) is 6.92 Å². The molecule has 0 saturated carbocycles. The highest BCUT2D eigenvalue weighted by atomic mass is 32.2. The first-order valence-electron chi connectivity index (χ1n) is 3.95. The van der Waals surface area contributed by atoms with Gasteiger partial charge in [0.05, 0.1) is 0 Å². The fourth-order valence-electron chi connectivity index (χ4n) is 1.15. The Hall–Kier alpha value is -0.640. The normalized spacial score (nSPS) is 24.8. The standard InChI is InChI=1S/C8H13NO2S/c1-7-6-9(4-5-12-7)3-2-8(10)11/h2-3,7H,4-6H2,1H3,(H,10,11)/b3-2+. The first kappa shape index (κ1) is 9.45. The molecule has 68 valence electrons. The molecule has 1 aliphatic rings. The van der Waals surface area contributed by atoms with Gasteiger partial charge in [-0.3, -0.25) is 0 Å². The number of aliphatic carboxylic acids is 1. The zero-order chi connectivity index (χ0) is 8.97. The van der Waals surface area contributed by atoms with E-state index in [9.17, 15) is 4.79 Å². The molecule has 1 heterocycles. The van der Waals surface area contributed by atoms with Crippen LogP contribution >= 0.6 is 11.8 Å². The number of nitrogens with zero attached hydrogens (tertiary/aromatic N) is 1. The minimum atomic E-state index is -0.874. The third-order valence-corrected chi connectivity index (χ3v) is 2.84. The molecule has 0 aromatic carbocycles. The van der Waals surface area contributed by atoms with Crippen LogP contribution in [-0.4, -0.2) is 40.1 Å². The van der Waals surface area contributed by atoms with Crippen LogP contribution in [0.3, 0.4) is 0 Å². The highest BCUT2D eigenvalue weighted by Gasteiger charge is 2.13. The molecule has 1 N–H and O–H groups in total. The summed E-state index contributed by atoms with van der Waals surface area (Å²) in [5, 5.41) is 9.00. The van der Waals surface area contributed by atoms with Gasteiger partial charge < -0.3 is 10.0 Å². The second-order valence-electron chi connectivity index (χ2n) is 2.83. The first-order valence-corrected chi connectivity index (χ1v) is 5.00. The van der Waals surface area contributed by atoms with Crippen molar-refractivity contribution in [2.75, 3.05) is 18.8 Å². The van der Waals surface area contributed by atoms with Gasteiger partial charge >= 0.3 is 5.97 Å². The number of rotatable bonds is 2. The third kappa shape index (κ3) is 3.17. The Morgan fingerprint density at radius 2 is 2.50 bits per heavy atom. The quantitative estimate of drug-likeness (QED) is 0.655. The van der Waals surface area contributed by atoms with Crippen LogP contribution in [0.5, 0.6) is 0 Å². The van der Waals surface area contributed by atoms with Gasteiger partial charge in [-0.15, -0.1) is 0 Å². The molecule has 1 rings (SSSR count). The van der Waals surface area contributed by atoms with Crippen LogP contribution in [0, 0.1) is 0 Å². The maximum Gasteiger partial charge on any atom is 0.329 e. The predicted molar refractivity (Wildman–Crippen MR) is 50.3 cm³/mol. The highest BCUT2D eigenvalue weighted by Crippen LogP contribution is 2.17. The summed E-state index contributed by atoms with van der Waals surface area (Å²) in [6.07, 6.45) is 2.86.